The number of hydrogen-bond donors (Lipinski definition) is 3. The molecule has 1 aromatic rings. The summed E-state index contributed by atoms with van der Waals surface area (Å²) in [5.74, 6) is -1.68. The average molecular weight is 401 g/mol. The van der Waals surface area contributed by atoms with Gasteiger partial charge < -0.3 is 26.5 Å². The van der Waals surface area contributed by atoms with E-state index in [1.165, 1.54) is 4.90 Å². The summed E-state index contributed by atoms with van der Waals surface area (Å²) in [4.78, 5) is 54.0. The van der Waals surface area contributed by atoms with Crippen molar-refractivity contribution in [1.82, 2.24) is 10.2 Å². The molecule has 156 valence electrons. The quantitative estimate of drug-likeness (QED) is 0.159. The van der Waals surface area contributed by atoms with Crippen LogP contribution in [0.3, 0.4) is 0 Å². The summed E-state index contributed by atoms with van der Waals surface area (Å²) in [6.07, 6.45) is 2.61. The molecule has 5 N–H and O–H groups in total. The molecule has 2 unspecified atom stereocenters. The van der Waals surface area contributed by atoms with Crippen LogP contribution in [0.1, 0.15) is 31.2 Å². The lowest BCUT2D eigenvalue weighted by Crippen LogP contribution is -2.51. The van der Waals surface area contributed by atoms with Gasteiger partial charge in [0.05, 0.1) is 6.04 Å². The number of nitrogens with two attached hydrogens (primary N) is 2. The van der Waals surface area contributed by atoms with E-state index in [4.69, 9.17) is 11.5 Å². The lowest BCUT2D eigenvalue weighted by Gasteiger charge is -2.24. The molecule has 1 aromatic carbocycles. The Morgan fingerprint density at radius 2 is 1.97 bits per heavy atom. The van der Waals surface area contributed by atoms with Gasteiger partial charge in [0.15, 0.2) is 5.96 Å². The monoisotopic (exact) mass is 401 g/mol. The number of guanidine groups is 1. The number of Topliss-reactive ketones (excluding diaryl/α,β-unsaturated/α-hetero) is 1. The van der Waals surface area contributed by atoms with E-state index in [2.05, 4.69) is 10.3 Å². The van der Waals surface area contributed by atoms with Crippen LogP contribution >= 0.6 is 0 Å². The van der Waals surface area contributed by atoms with Gasteiger partial charge in [-0.3, -0.25) is 19.4 Å². The second-order valence-corrected chi connectivity index (χ2v) is 6.94. The van der Waals surface area contributed by atoms with Crippen molar-refractivity contribution >= 4 is 29.8 Å². The molecule has 0 radical (unpaired) electrons. The van der Waals surface area contributed by atoms with Gasteiger partial charge in [-0.15, -0.1) is 0 Å². The van der Waals surface area contributed by atoms with Gasteiger partial charge >= 0.3 is 0 Å². The van der Waals surface area contributed by atoms with Gasteiger partial charge in [-0.25, -0.2) is 0 Å². The number of benzene rings is 1. The molecule has 1 saturated heterocycles. The number of nitrogens with zero attached hydrogens (tertiary/aromatic N) is 2. The third-order valence-electron chi connectivity index (χ3n) is 4.72. The van der Waals surface area contributed by atoms with Crippen molar-refractivity contribution in [2.75, 3.05) is 13.1 Å². The minimum Gasteiger partial charge on any atom is -0.370 e. The molecule has 1 aliphatic rings. The van der Waals surface area contributed by atoms with Crippen molar-refractivity contribution < 1.29 is 19.2 Å². The first-order valence-electron chi connectivity index (χ1n) is 9.61. The van der Waals surface area contributed by atoms with Crippen LogP contribution in [0, 0.1) is 0 Å². The van der Waals surface area contributed by atoms with Crippen LogP contribution in [-0.4, -0.2) is 59.9 Å². The molecule has 0 aliphatic carbocycles. The summed E-state index contributed by atoms with van der Waals surface area (Å²) in [7, 11) is 0. The highest BCUT2D eigenvalue weighted by molar-refractivity contribution is 6.37. The molecule has 9 nitrogen and oxygen atoms in total. The number of rotatable bonds is 10. The summed E-state index contributed by atoms with van der Waals surface area (Å²) in [6, 6.07) is 7.53. The summed E-state index contributed by atoms with van der Waals surface area (Å²) in [6.45, 7) is 0.693. The van der Waals surface area contributed by atoms with Crippen LogP contribution < -0.4 is 16.8 Å². The third-order valence-corrected chi connectivity index (χ3v) is 4.72. The van der Waals surface area contributed by atoms with E-state index in [0.717, 1.165) is 5.56 Å². The van der Waals surface area contributed by atoms with E-state index >= 15 is 0 Å². The van der Waals surface area contributed by atoms with Gasteiger partial charge in [0.1, 0.15) is 12.3 Å². The molecular weight excluding hydrogens is 374 g/mol. The fourth-order valence-electron chi connectivity index (χ4n) is 3.27. The topological polar surface area (TPSA) is 148 Å². The molecule has 0 spiro atoms. The first-order valence-corrected chi connectivity index (χ1v) is 9.61. The Balaban J connectivity index is 1.91. The minimum absolute atomic E-state index is 0.00767. The Bertz CT molecular complexity index is 761. The van der Waals surface area contributed by atoms with Crippen LogP contribution in [0.25, 0.3) is 0 Å². The molecule has 2 rings (SSSR count). The van der Waals surface area contributed by atoms with Gasteiger partial charge in [-0.2, -0.15) is 0 Å². The molecule has 1 heterocycles. The zero-order chi connectivity index (χ0) is 21.2. The van der Waals surface area contributed by atoms with Crippen molar-refractivity contribution in [1.29, 1.82) is 0 Å². The zero-order valence-electron chi connectivity index (χ0n) is 16.3. The number of carbonyl (C=O) groups is 4. The average Bonchev–Trinajstić information content (AvgIpc) is 3.20. The number of aliphatic imine (C=N–C) groups is 1. The Hall–Kier alpha value is -3.23. The molecule has 9 heteroatoms. The van der Waals surface area contributed by atoms with Gasteiger partial charge in [-0.1, -0.05) is 30.3 Å². The van der Waals surface area contributed by atoms with Crippen LogP contribution in [0.4, 0.5) is 0 Å². The number of aldehydes is 1. The first-order chi connectivity index (χ1) is 13.9. The van der Waals surface area contributed by atoms with Crippen molar-refractivity contribution in [3.05, 3.63) is 35.9 Å². The Kier molecular flexibility index (Phi) is 8.32. The van der Waals surface area contributed by atoms with Crippen molar-refractivity contribution in [3.63, 3.8) is 0 Å². The fourth-order valence-corrected chi connectivity index (χ4v) is 3.27. The lowest BCUT2D eigenvalue weighted by atomic mass is 10.1. The van der Waals surface area contributed by atoms with Gasteiger partial charge in [0.2, 0.25) is 11.7 Å². The standard InChI is InChI=1S/C20H27N5O4/c21-20(22)23-10-4-8-15(13-26)24-18(28)16-9-5-11-25(16)19(29)17(27)12-14-6-2-1-3-7-14/h1-3,6-7,13,15-16H,4-5,8-12H2,(H,24,28)(H4,21,22,23). The summed E-state index contributed by atoms with van der Waals surface area (Å²) in [5, 5.41) is 2.65. The van der Waals surface area contributed by atoms with E-state index in [0.29, 0.717) is 45.1 Å². The molecular formula is C20H27N5O4. The fraction of sp³-hybridized carbons (Fsp3) is 0.450. The zero-order valence-corrected chi connectivity index (χ0v) is 16.3. The number of hydrogen-bond acceptors (Lipinski definition) is 5. The van der Waals surface area contributed by atoms with Crippen molar-refractivity contribution in [2.24, 2.45) is 16.5 Å². The molecule has 0 saturated carbocycles. The Morgan fingerprint density at radius 3 is 2.62 bits per heavy atom. The summed E-state index contributed by atoms with van der Waals surface area (Å²) < 4.78 is 0. The number of ketones is 1. The van der Waals surface area contributed by atoms with E-state index in [1.807, 2.05) is 6.07 Å². The molecule has 1 fully saturated rings. The lowest BCUT2D eigenvalue weighted by molar-refractivity contribution is -0.147. The Labute approximate surface area is 169 Å². The highest BCUT2D eigenvalue weighted by Gasteiger charge is 2.37. The van der Waals surface area contributed by atoms with Crippen LogP contribution in [0.5, 0.6) is 0 Å². The second-order valence-electron chi connectivity index (χ2n) is 6.94. The van der Waals surface area contributed by atoms with E-state index in [-0.39, 0.29) is 12.4 Å². The largest absolute Gasteiger partial charge is 0.370 e. The molecule has 1 aliphatic heterocycles. The smallest absolute Gasteiger partial charge is 0.290 e. The van der Waals surface area contributed by atoms with E-state index in [1.54, 1.807) is 24.3 Å². The van der Waals surface area contributed by atoms with Crippen LogP contribution in [-0.2, 0) is 25.6 Å². The highest BCUT2D eigenvalue weighted by atomic mass is 16.2. The van der Waals surface area contributed by atoms with Gasteiger partial charge in [0, 0.05) is 19.5 Å². The Morgan fingerprint density at radius 1 is 1.24 bits per heavy atom. The predicted molar refractivity (Wildman–Crippen MR) is 108 cm³/mol. The maximum Gasteiger partial charge on any atom is 0.290 e. The molecule has 0 bridgehead atoms. The molecule has 0 aromatic heterocycles. The van der Waals surface area contributed by atoms with Gasteiger partial charge in [-0.05, 0) is 31.2 Å². The number of nitrogens with one attached hydrogen (secondary N) is 1. The first kappa shape index (κ1) is 22.1. The summed E-state index contributed by atoms with van der Waals surface area (Å²) >= 11 is 0. The molecule has 29 heavy (non-hydrogen) atoms. The second kappa shape index (κ2) is 10.9. The van der Waals surface area contributed by atoms with Gasteiger partial charge in [0.25, 0.3) is 5.91 Å². The number of likely N-dealkylation sites (tertiary alicyclic amines) is 1. The molecule has 2 amide bonds. The number of amides is 2. The minimum atomic E-state index is -0.748. The van der Waals surface area contributed by atoms with Crippen molar-refractivity contribution in [3.8, 4) is 0 Å². The third kappa shape index (κ3) is 6.70. The van der Waals surface area contributed by atoms with E-state index in [9.17, 15) is 19.2 Å². The van der Waals surface area contributed by atoms with E-state index < -0.39 is 29.7 Å². The SMILES string of the molecule is NC(N)=NCCCC(C=O)NC(=O)C1CCCN1C(=O)C(=O)Cc1ccccc1. The van der Waals surface area contributed by atoms with Crippen molar-refractivity contribution in [2.45, 2.75) is 44.2 Å². The summed E-state index contributed by atoms with van der Waals surface area (Å²) in [5.41, 5.74) is 11.2. The number of carbonyl (C=O) groups excluding carboxylic acids is 4. The predicted octanol–water partition coefficient (Wildman–Crippen LogP) is -0.473. The highest BCUT2D eigenvalue weighted by Crippen LogP contribution is 2.19. The maximum absolute atomic E-state index is 12.6. The maximum atomic E-state index is 12.6. The van der Waals surface area contributed by atoms with Crippen LogP contribution in [0.15, 0.2) is 35.3 Å². The molecule has 2 atom stereocenters. The van der Waals surface area contributed by atoms with Crippen LogP contribution in [0.2, 0.25) is 0 Å². The normalized spacial score (nSPS) is 16.7.